The number of hydrogen-bond acceptors (Lipinski definition) is 6. The maximum Gasteiger partial charge on any atom is 0.325 e. The second-order valence-electron chi connectivity index (χ2n) is 5.96. The van der Waals surface area contributed by atoms with Gasteiger partial charge in [-0.2, -0.15) is 0 Å². The van der Waals surface area contributed by atoms with Crippen LogP contribution in [-0.2, 0) is 0 Å². The van der Waals surface area contributed by atoms with Crippen molar-refractivity contribution >= 4 is 28.2 Å². The van der Waals surface area contributed by atoms with Crippen LogP contribution in [0.2, 0.25) is 0 Å². The monoisotopic (exact) mass is 362 g/mol. The number of carbonyl (C=O) groups is 1. The number of methoxy groups -OCH3 is 2. The van der Waals surface area contributed by atoms with Crippen molar-refractivity contribution in [3.8, 4) is 11.5 Å². The van der Waals surface area contributed by atoms with Gasteiger partial charge < -0.3 is 14.8 Å². The van der Waals surface area contributed by atoms with Gasteiger partial charge >= 0.3 is 6.03 Å². The number of urea groups is 1. The molecule has 7 nitrogen and oxygen atoms in total. The summed E-state index contributed by atoms with van der Waals surface area (Å²) in [6.07, 6.45) is 6.10. The average Bonchev–Trinajstić information content (AvgIpc) is 3.10. The minimum atomic E-state index is -0.373. The largest absolute Gasteiger partial charge is 0.497 e. The molecule has 3 rings (SSSR count). The van der Waals surface area contributed by atoms with Crippen LogP contribution in [0.25, 0.3) is 0 Å². The number of nitrogens with one attached hydrogen (secondary N) is 2. The Morgan fingerprint density at radius 3 is 2.36 bits per heavy atom. The molecule has 0 unspecified atom stereocenters. The van der Waals surface area contributed by atoms with E-state index in [0.717, 1.165) is 17.8 Å². The van der Waals surface area contributed by atoms with Gasteiger partial charge in [0, 0.05) is 29.8 Å². The van der Waals surface area contributed by atoms with Crippen molar-refractivity contribution in [2.75, 3.05) is 24.9 Å². The Bertz CT molecular complexity index is 706. The summed E-state index contributed by atoms with van der Waals surface area (Å²) in [6.45, 7) is 0. The number of hydrogen-bond donors (Lipinski definition) is 2. The van der Waals surface area contributed by atoms with E-state index in [1.165, 1.54) is 30.6 Å². The summed E-state index contributed by atoms with van der Waals surface area (Å²) < 4.78 is 10.4. The molecule has 2 N–H and O–H groups in total. The first-order chi connectivity index (χ1) is 12.2. The third kappa shape index (κ3) is 4.60. The molecule has 0 saturated heterocycles. The first kappa shape index (κ1) is 17.5. The summed E-state index contributed by atoms with van der Waals surface area (Å²) in [5, 5.41) is 15.3. The first-order valence-electron chi connectivity index (χ1n) is 8.32. The summed E-state index contributed by atoms with van der Waals surface area (Å²) in [7, 11) is 3.12. The van der Waals surface area contributed by atoms with Crippen molar-refractivity contribution in [3.05, 3.63) is 23.2 Å². The smallest absolute Gasteiger partial charge is 0.325 e. The molecule has 0 radical (unpaired) electrons. The van der Waals surface area contributed by atoms with Crippen LogP contribution in [0.5, 0.6) is 11.5 Å². The lowest BCUT2D eigenvalue weighted by atomic mass is 9.90. The van der Waals surface area contributed by atoms with Gasteiger partial charge in [0.1, 0.15) is 16.5 Å². The molecule has 25 heavy (non-hydrogen) atoms. The Morgan fingerprint density at radius 1 is 1.04 bits per heavy atom. The van der Waals surface area contributed by atoms with Crippen molar-refractivity contribution in [2.24, 2.45) is 0 Å². The quantitative estimate of drug-likeness (QED) is 0.830. The van der Waals surface area contributed by atoms with Gasteiger partial charge in [0.15, 0.2) is 0 Å². The summed E-state index contributed by atoms with van der Waals surface area (Å²) in [5.74, 6) is 1.68. The molecule has 1 saturated carbocycles. The fourth-order valence-corrected chi connectivity index (χ4v) is 3.85. The SMILES string of the molecule is COc1cc(NC(=O)Nc2nnc(C3CCCCC3)s2)cc(OC)c1. The fourth-order valence-electron chi connectivity index (χ4n) is 2.94. The van der Waals surface area contributed by atoms with Gasteiger partial charge in [0.2, 0.25) is 5.13 Å². The van der Waals surface area contributed by atoms with Gasteiger partial charge in [-0.3, -0.25) is 5.32 Å². The lowest BCUT2D eigenvalue weighted by molar-refractivity contribution is 0.262. The molecule has 134 valence electrons. The molecule has 1 aromatic heterocycles. The summed E-state index contributed by atoms with van der Waals surface area (Å²) in [5.41, 5.74) is 0.575. The summed E-state index contributed by atoms with van der Waals surface area (Å²) >= 11 is 1.45. The number of ether oxygens (including phenoxy) is 2. The lowest BCUT2D eigenvalue weighted by Gasteiger charge is -2.18. The number of amides is 2. The summed E-state index contributed by atoms with van der Waals surface area (Å²) in [6, 6.07) is 4.80. The van der Waals surface area contributed by atoms with E-state index in [1.54, 1.807) is 32.4 Å². The Kier molecular flexibility index (Phi) is 5.70. The molecule has 1 fully saturated rings. The van der Waals surface area contributed by atoms with E-state index in [1.807, 2.05) is 0 Å². The minimum Gasteiger partial charge on any atom is -0.497 e. The predicted molar refractivity (Wildman–Crippen MR) is 97.9 cm³/mol. The number of carbonyl (C=O) groups excluding carboxylic acids is 1. The number of aromatic nitrogens is 2. The summed E-state index contributed by atoms with van der Waals surface area (Å²) in [4.78, 5) is 12.2. The topological polar surface area (TPSA) is 85.4 Å². The molecule has 0 aliphatic heterocycles. The zero-order valence-corrected chi connectivity index (χ0v) is 15.2. The second kappa shape index (κ2) is 8.15. The number of anilines is 2. The van der Waals surface area contributed by atoms with Crippen LogP contribution in [0.15, 0.2) is 18.2 Å². The Balaban J connectivity index is 1.62. The molecule has 0 spiro atoms. The third-order valence-corrected chi connectivity index (χ3v) is 5.23. The van der Waals surface area contributed by atoms with Crippen LogP contribution in [0.1, 0.15) is 43.0 Å². The standard InChI is InChI=1S/C17H22N4O3S/c1-23-13-8-12(9-14(10-13)24-2)18-16(22)19-17-21-20-15(25-17)11-6-4-3-5-7-11/h8-11H,3-7H2,1-2H3,(H2,18,19,21,22). The highest BCUT2D eigenvalue weighted by atomic mass is 32.1. The van der Waals surface area contributed by atoms with Gasteiger partial charge in [-0.15, -0.1) is 10.2 Å². The maximum atomic E-state index is 12.2. The molecule has 2 amide bonds. The van der Waals surface area contributed by atoms with E-state index in [2.05, 4.69) is 20.8 Å². The number of rotatable bonds is 5. The van der Waals surface area contributed by atoms with Crippen LogP contribution in [0.4, 0.5) is 15.6 Å². The van der Waals surface area contributed by atoms with E-state index in [4.69, 9.17) is 9.47 Å². The van der Waals surface area contributed by atoms with E-state index in [9.17, 15) is 4.79 Å². The van der Waals surface area contributed by atoms with Crippen LogP contribution < -0.4 is 20.1 Å². The zero-order valence-electron chi connectivity index (χ0n) is 14.4. The number of nitrogens with zero attached hydrogens (tertiary/aromatic N) is 2. The van der Waals surface area contributed by atoms with E-state index in [-0.39, 0.29) is 6.03 Å². The Morgan fingerprint density at radius 2 is 1.72 bits per heavy atom. The van der Waals surface area contributed by atoms with Gasteiger partial charge in [0.05, 0.1) is 14.2 Å². The van der Waals surface area contributed by atoms with Gasteiger partial charge in [0.25, 0.3) is 0 Å². The van der Waals surface area contributed by atoms with Gasteiger partial charge in [-0.05, 0) is 12.8 Å². The van der Waals surface area contributed by atoms with Crippen LogP contribution in [0.3, 0.4) is 0 Å². The minimum absolute atomic E-state index is 0.373. The molecule has 2 aromatic rings. The highest BCUT2D eigenvalue weighted by Gasteiger charge is 2.20. The van der Waals surface area contributed by atoms with Gasteiger partial charge in [-0.25, -0.2) is 4.79 Å². The first-order valence-corrected chi connectivity index (χ1v) is 9.14. The van der Waals surface area contributed by atoms with Crippen molar-refractivity contribution in [1.29, 1.82) is 0 Å². The van der Waals surface area contributed by atoms with Crippen molar-refractivity contribution < 1.29 is 14.3 Å². The predicted octanol–water partition coefficient (Wildman–Crippen LogP) is 4.25. The van der Waals surface area contributed by atoms with Crippen LogP contribution in [-0.4, -0.2) is 30.4 Å². The van der Waals surface area contributed by atoms with E-state index >= 15 is 0 Å². The van der Waals surface area contributed by atoms with Crippen LogP contribution in [0, 0.1) is 0 Å². The van der Waals surface area contributed by atoms with Gasteiger partial charge in [-0.1, -0.05) is 30.6 Å². The molecule has 1 aromatic carbocycles. The molecular formula is C17H22N4O3S. The third-order valence-electron chi connectivity index (χ3n) is 4.22. The molecular weight excluding hydrogens is 340 g/mol. The van der Waals surface area contributed by atoms with E-state index in [0.29, 0.717) is 28.2 Å². The van der Waals surface area contributed by atoms with Crippen molar-refractivity contribution in [3.63, 3.8) is 0 Å². The molecule has 1 aliphatic carbocycles. The lowest BCUT2D eigenvalue weighted by Crippen LogP contribution is -2.19. The molecule has 8 heteroatoms. The zero-order chi connectivity index (χ0) is 17.6. The normalized spacial score (nSPS) is 14.8. The van der Waals surface area contributed by atoms with Crippen molar-refractivity contribution in [2.45, 2.75) is 38.0 Å². The highest BCUT2D eigenvalue weighted by Crippen LogP contribution is 2.35. The molecule has 0 bridgehead atoms. The Hall–Kier alpha value is -2.35. The maximum absolute atomic E-state index is 12.2. The number of benzene rings is 1. The molecule has 1 heterocycles. The molecule has 1 aliphatic rings. The van der Waals surface area contributed by atoms with Crippen molar-refractivity contribution in [1.82, 2.24) is 10.2 Å². The highest BCUT2D eigenvalue weighted by molar-refractivity contribution is 7.15. The Labute approximate surface area is 150 Å². The van der Waals surface area contributed by atoms with E-state index < -0.39 is 0 Å². The molecule has 0 atom stereocenters. The van der Waals surface area contributed by atoms with Crippen LogP contribution >= 0.6 is 11.3 Å². The second-order valence-corrected chi connectivity index (χ2v) is 6.97. The fraction of sp³-hybridized carbons (Fsp3) is 0.471. The average molecular weight is 362 g/mol.